The Morgan fingerprint density at radius 3 is 2.39 bits per heavy atom. The van der Waals surface area contributed by atoms with E-state index in [2.05, 4.69) is 23.7 Å². The zero-order valence-electron chi connectivity index (χ0n) is 16.9. The SMILES string of the molecule is CCN(CC)CCc1c(OC)ccc2[nH]c(C)c(C(=O)c3ccc(Cl)cc3)c12. The van der Waals surface area contributed by atoms with Gasteiger partial charge in [0.15, 0.2) is 5.78 Å². The summed E-state index contributed by atoms with van der Waals surface area (Å²) in [4.78, 5) is 19.1. The summed E-state index contributed by atoms with van der Waals surface area (Å²) in [5, 5.41) is 1.58. The number of methoxy groups -OCH3 is 1. The molecule has 0 spiro atoms. The smallest absolute Gasteiger partial charge is 0.195 e. The average molecular weight is 399 g/mol. The fourth-order valence-electron chi connectivity index (χ4n) is 3.75. The lowest BCUT2D eigenvalue weighted by Crippen LogP contribution is -2.25. The molecule has 0 bridgehead atoms. The number of hydrogen-bond acceptors (Lipinski definition) is 3. The Labute approximate surface area is 171 Å². The molecular weight excluding hydrogens is 372 g/mol. The topological polar surface area (TPSA) is 45.3 Å². The van der Waals surface area contributed by atoms with Crippen molar-refractivity contribution >= 4 is 28.3 Å². The molecule has 0 aliphatic rings. The maximum Gasteiger partial charge on any atom is 0.195 e. The first-order valence-corrected chi connectivity index (χ1v) is 10.1. The van der Waals surface area contributed by atoms with Gasteiger partial charge in [0.1, 0.15) is 5.75 Å². The van der Waals surface area contributed by atoms with Gasteiger partial charge >= 0.3 is 0 Å². The van der Waals surface area contributed by atoms with E-state index >= 15 is 0 Å². The molecule has 0 unspecified atom stereocenters. The highest BCUT2D eigenvalue weighted by Gasteiger charge is 2.22. The zero-order valence-corrected chi connectivity index (χ0v) is 17.7. The molecule has 0 atom stereocenters. The summed E-state index contributed by atoms with van der Waals surface area (Å²) in [7, 11) is 1.68. The van der Waals surface area contributed by atoms with Crippen LogP contribution in [0.15, 0.2) is 36.4 Å². The molecule has 2 aromatic carbocycles. The van der Waals surface area contributed by atoms with Gasteiger partial charge in [0.25, 0.3) is 0 Å². The first-order chi connectivity index (χ1) is 13.5. The number of aromatic nitrogens is 1. The molecule has 0 amide bonds. The van der Waals surface area contributed by atoms with Gasteiger partial charge in [0.05, 0.1) is 12.7 Å². The van der Waals surface area contributed by atoms with Crippen LogP contribution in [0.2, 0.25) is 5.02 Å². The van der Waals surface area contributed by atoms with Crippen molar-refractivity contribution in [2.75, 3.05) is 26.7 Å². The number of halogens is 1. The van der Waals surface area contributed by atoms with Crippen molar-refractivity contribution in [1.29, 1.82) is 0 Å². The molecule has 0 fully saturated rings. The summed E-state index contributed by atoms with van der Waals surface area (Å²) in [6.07, 6.45) is 0.820. The van der Waals surface area contributed by atoms with Crippen LogP contribution >= 0.6 is 11.6 Å². The Kier molecular flexibility index (Phi) is 6.42. The molecule has 1 N–H and O–H groups in total. The van der Waals surface area contributed by atoms with E-state index in [-0.39, 0.29) is 5.78 Å². The van der Waals surface area contributed by atoms with E-state index in [0.717, 1.165) is 54.0 Å². The summed E-state index contributed by atoms with van der Waals surface area (Å²) in [5.74, 6) is 0.821. The Hall–Kier alpha value is -2.30. The second-order valence-electron chi connectivity index (χ2n) is 6.91. The number of likely N-dealkylation sites (N-methyl/N-ethyl adjacent to an activating group) is 1. The van der Waals surface area contributed by atoms with E-state index in [9.17, 15) is 4.79 Å². The Morgan fingerprint density at radius 2 is 1.79 bits per heavy atom. The lowest BCUT2D eigenvalue weighted by molar-refractivity contribution is 0.103. The molecule has 1 aromatic heterocycles. The van der Waals surface area contributed by atoms with Crippen LogP contribution in [0.4, 0.5) is 0 Å². The highest BCUT2D eigenvalue weighted by atomic mass is 35.5. The van der Waals surface area contributed by atoms with Gasteiger partial charge in [-0.05, 0) is 62.8 Å². The number of ketones is 1. The number of fused-ring (bicyclic) bond motifs is 1. The van der Waals surface area contributed by atoms with Crippen molar-refractivity contribution in [3.8, 4) is 5.75 Å². The number of nitrogens with zero attached hydrogens (tertiary/aromatic N) is 1. The number of H-pyrrole nitrogens is 1. The molecule has 4 nitrogen and oxygen atoms in total. The maximum atomic E-state index is 13.3. The van der Waals surface area contributed by atoms with Crippen molar-refractivity contribution in [3.05, 3.63) is 63.8 Å². The monoisotopic (exact) mass is 398 g/mol. The van der Waals surface area contributed by atoms with E-state index in [1.54, 1.807) is 31.4 Å². The number of rotatable bonds is 8. The normalized spacial score (nSPS) is 11.4. The van der Waals surface area contributed by atoms with Crippen molar-refractivity contribution in [2.45, 2.75) is 27.2 Å². The fourth-order valence-corrected chi connectivity index (χ4v) is 3.88. The third kappa shape index (κ3) is 3.94. The van der Waals surface area contributed by atoms with Crippen LogP contribution < -0.4 is 4.74 Å². The number of nitrogens with one attached hydrogen (secondary N) is 1. The van der Waals surface area contributed by atoms with Gasteiger partial charge in [-0.1, -0.05) is 25.4 Å². The van der Waals surface area contributed by atoms with Crippen LogP contribution in [-0.4, -0.2) is 42.4 Å². The predicted octanol–water partition coefficient (Wildman–Crippen LogP) is 5.25. The number of aromatic amines is 1. The standard InChI is InChI=1S/C23H27ClN2O2/c1-5-26(6-2)14-13-18-20(28-4)12-11-19-22(18)21(15(3)25-19)23(27)16-7-9-17(24)10-8-16/h7-12,25H,5-6,13-14H2,1-4H3. The quantitative estimate of drug-likeness (QED) is 0.527. The number of carbonyl (C=O) groups is 1. The summed E-state index contributed by atoms with van der Waals surface area (Å²) >= 11 is 5.99. The predicted molar refractivity (Wildman–Crippen MR) is 116 cm³/mol. The molecule has 0 saturated heterocycles. The lowest BCUT2D eigenvalue weighted by atomic mass is 9.95. The fraction of sp³-hybridized carbons (Fsp3) is 0.348. The Morgan fingerprint density at radius 1 is 1.11 bits per heavy atom. The van der Waals surface area contributed by atoms with Gasteiger partial charge in [0, 0.05) is 39.3 Å². The van der Waals surface area contributed by atoms with Crippen molar-refractivity contribution in [3.63, 3.8) is 0 Å². The molecule has 3 aromatic rings. The second-order valence-corrected chi connectivity index (χ2v) is 7.34. The molecule has 0 aliphatic heterocycles. The van der Waals surface area contributed by atoms with Crippen molar-refractivity contribution in [2.24, 2.45) is 0 Å². The van der Waals surface area contributed by atoms with Gasteiger partial charge in [-0.3, -0.25) is 4.79 Å². The van der Waals surface area contributed by atoms with Crippen molar-refractivity contribution in [1.82, 2.24) is 9.88 Å². The van der Waals surface area contributed by atoms with E-state index in [0.29, 0.717) is 16.1 Å². The number of aryl methyl sites for hydroxylation is 1. The molecular formula is C23H27ClN2O2. The van der Waals surface area contributed by atoms with Crippen LogP contribution in [-0.2, 0) is 6.42 Å². The Bertz CT molecular complexity index is 972. The molecule has 3 rings (SSSR count). The lowest BCUT2D eigenvalue weighted by Gasteiger charge is -2.19. The number of ether oxygens (including phenoxy) is 1. The molecule has 148 valence electrons. The molecule has 5 heteroatoms. The minimum absolute atomic E-state index is 0.00208. The zero-order chi connectivity index (χ0) is 20.3. The van der Waals surface area contributed by atoms with Gasteiger partial charge in [-0.15, -0.1) is 0 Å². The van der Waals surface area contributed by atoms with Gasteiger partial charge < -0.3 is 14.6 Å². The molecule has 0 saturated carbocycles. The first-order valence-electron chi connectivity index (χ1n) is 9.70. The summed E-state index contributed by atoms with van der Waals surface area (Å²) in [6.45, 7) is 9.19. The molecule has 0 aliphatic carbocycles. The van der Waals surface area contributed by atoms with Crippen LogP contribution in [0, 0.1) is 6.92 Å². The van der Waals surface area contributed by atoms with Crippen LogP contribution in [0.25, 0.3) is 10.9 Å². The Balaban J connectivity index is 2.13. The number of benzene rings is 2. The molecule has 1 heterocycles. The summed E-state index contributed by atoms with van der Waals surface area (Å²) in [6, 6.07) is 11.0. The second kappa shape index (κ2) is 8.80. The van der Waals surface area contributed by atoms with E-state index in [1.807, 2.05) is 19.1 Å². The third-order valence-electron chi connectivity index (χ3n) is 5.34. The first kappa shape index (κ1) is 20.4. The van der Waals surface area contributed by atoms with Gasteiger partial charge in [0.2, 0.25) is 0 Å². The average Bonchev–Trinajstić information content (AvgIpc) is 3.04. The van der Waals surface area contributed by atoms with Crippen LogP contribution in [0.1, 0.15) is 41.0 Å². The molecule has 28 heavy (non-hydrogen) atoms. The minimum atomic E-state index is -0.00208. The highest BCUT2D eigenvalue weighted by Crippen LogP contribution is 2.34. The minimum Gasteiger partial charge on any atom is -0.496 e. The van der Waals surface area contributed by atoms with E-state index in [4.69, 9.17) is 16.3 Å². The van der Waals surface area contributed by atoms with Gasteiger partial charge in [-0.2, -0.15) is 0 Å². The molecule has 0 radical (unpaired) electrons. The van der Waals surface area contributed by atoms with Gasteiger partial charge in [-0.25, -0.2) is 0 Å². The van der Waals surface area contributed by atoms with E-state index in [1.165, 1.54) is 0 Å². The largest absolute Gasteiger partial charge is 0.496 e. The van der Waals surface area contributed by atoms with Crippen LogP contribution in [0.3, 0.4) is 0 Å². The highest BCUT2D eigenvalue weighted by molar-refractivity contribution is 6.30. The number of carbonyl (C=O) groups excluding carboxylic acids is 1. The van der Waals surface area contributed by atoms with Crippen molar-refractivity contribution < 1.29 is 9.53 Å². The summed E-state index contributed by atoms with van der Waals surface area (Å²) in [5.41, 5.74) is 4.25. The number of hydrogen-bond donors (Lipinski definition) is 1. The third-order valence-corrected chi connectivity index (χ3v) is 5.59. The van der Waals surface area contributed by atoms with E-state index < -0.39 is 0 Å². The van der Waals surface area contributed by atoms with Crippen LogP contribution in [0.5, 0.6) is 5.75 Å². The maximum absolute atomic E-state index is 13.3. The summed E-state index contributed by atoms with van der Waals surface area (Å²) < 4.78 is 5.66.